The van der Waals surface area contributed by atoms with E-state index in [2.05, 4.69) is 199 Å². The maximum atomic E-state index is 6.55. The second-order valence-corrected chi connectivity index (χ2v) is 17.0. The van der Waals surface area contributed by atoms with E-state index in [1.54, 1.807) is 0 Å². The van der Waals surface area contributed by atoms with Gasteiger partial charge in [0.25, 0.3) is 0 Å². The molecule has 0 amide bonds. The molecular formula is C54H33NOS2. The number of thiophene rings is 2. The zero-order valence-electron chi connectivity index (χ0n) is 31.2. The van der Waals surface area contributed by atoms with Crippen molar-refractivity contribution in [2.45, 2.75) is 0 Å². The van der Waals surface area contributed by atoms with Crippen LogP contribution in [0.4, 0.5) is 17.1 Å². The number of anilines is 3. The highest BCUT2D eigenvalue weighted by atomic mass is 32.1. The number of hydrogen-bond donors (Lipinski definition) is 0. The van der Waals surface area contributed by atoms with E-state index in [4.69, 9.17) is 4.42 Å². The average Bonchev–Trinajstić information content (AvgIpc) is 3.98. The summed E-state index contributed by atoms with van der Waals surface area (Å²) in [6, 6.07) is 72.6. The van der Waals surface area contributed by atoms with Crippen molar-refractivity contribution >= 4 is 102 Å². The smallest absolute Gasteiger partial charge is 0.137 e. The van der Waals surface area contributed by atoms with E-state index in [1.807, 2.05) is 28.7 Å². The normalized spacial score (nSPS) is 11.8. The molecule has 12 rings (SSSR count). The second-order valence-electron chi connectivity index (χ2n) is 14.8. The van der Waals surface area contributed by atoms with Crippen LogP contribution in [0.1, 0.15) is 0 Å². The Morgan fingerprint density at radius 3 is 1.83 bits per heavy atom. The van der Waals surface area contributed by atoms with Crippen molar-refractivity contribution in [1.82, 2.24) is 0 Å². The van der Waals surface area contributed by atoms with Crippen LogP contribution in [0.2, 0.25) is 0 Å². The second kappa shape index (κ2) is 13.3. The molecule has 4 heteroatoms. The van der Waals surface area contributed by atoms with Gasteiger partial charge in [-0.05, 0) is 88.0 Å². The van der Waals surface area contributed by atoms with Gasteiger partial charge in [0.05, 0.1) is 5.69 Å². The Kier molecular flexibility index (Phi) is 7.62. The number of hydrogen-bond acceptors (Lipinski definition) is 4. The maximum absolute atomic E-state index is 6.55. The summed E-state index contributed by atoms with van der Waals surface area (Å²) < 4.78 is 11.6. The third kappa shape index (κ3) is 5.30. The lowest BCUT2D eigenvalue weighted by molar-refractivity contribution is 0.669. The Morgan fingerprint density at radius 1 is 0.345 bits per heavy atom. The number of rotatable bonds is 6. The first-order valence-corrected chi connectivity index (χ1v) is 21.2. The summed E-state index contributed by atoms with van der Waals surface area (Å²) in [6.45, 7) is 0. The molecule has 0 aliphatic rings. The number of furan rings is 1. The first kappa shape index (κ1) is 33.2. The summed E-state index contributed by atoms with van der Waals surface area (Å²) in [5.41, 5.74) is 12.4. The van der Waals surface area contributed by atoms with Gasteiger partial charge in [0.15, 0.2) is 0 Å². The topological polar surface area (TPSA) is 16.4 Å². The van der Waals surface area contributed by atoms with Gasteiger partial charge in [-0.3, -0.25) is 0 Å². The number of fused-ring (bicyclic) bond motifs is 9. The van der Waals surface area contributed by atoms with Crippen LogP contribution in [0, 0.1) is 0 Å². The minimum absolute atomic E-state index is 0.872. The highest BCUT2D eigenvalue weighted by molar-refractivity contribution is 7.26. The van der Waals surface area contributed by atoms with Gasteiger partial charge in [0.1, 0.15) is 11.2 Å². The van der Waals surface area contributed by atoms with Crippen LogP contribution in [-0.4, -0.2) is 0 Å². The molecule has 12 aromatic rings. The molecular weight excluding hydrogens is 743 g/mol. The summed E-state index contributed by atoms with van der Waals surface area (Å²) in [7, 11) is 0. The highest BCUT2D eigenvalue weighted by Crippen LogP contribution is 2.51. The van der Waals surface area contributed by atoms with Gasteiger partial charge in [0, 0.05) is 68.6 Å². The van der Waals surface area contributed by atoms with Crippen LogP contribution in [-0.2, 0) is 0 Å². The fraction of sp³-hybridized carbons (Fsp3) is 0. The van der Waals surface area contributed by atoms with Crippen LogP contribution >= 0.6 is 22.7 Å². The van der Waals surface area contributed by atoms with E-state index in [0.717, 1.165) is 39.0 Å². The van der Waals surface area contributed by atoms with E-state index in [-0.39, 0.29) is 0 Å². The van der Waals surface area contributed by atoms with Gasteiger partial charge in [-0.1, -0.05) is 140 Å². The van der Waals surface area contributed by atoms with Crippen LogP contribution in [0.25, 0.3) is 95.7 Å². The summed E-state index contributed by atoms with van der Waals surface area (Å²) >= 11 is 3.74. The van der Waals surface area contributed by atoms with Crippen molar-refractivity contribution in [1.29, 1.82) is 0 Å². The molecule has 9 aromatic carbocycles. The first-order chi connectivity index (χ1) is 28.7. The van der Waals surface area contributed by atoms with Gasteiger partial charge >= 0.3 is 0 Å². The van der Waals surface area contributed by atoms with Crippen LogP contribution in [0.15, 0.2) is 205 Å². The number of nitrogens with zero attached hydrogens (tertiary/aromatic N) is 1. The number of para-hydroxylation sites is 1. The molecule has 2 nitrogen and oxygen atoms in total. The van der Waals surface area contributed by atoms with Crippen molar-refractivity contribution in [2.75, 3.05) is 4.90 Å². The standard InChI is InChI=1S/C54H33NOS2/c1-4-13-34(14-5-1)37-23-26-44-51(31-37)58-54-41(36-17-8-3-9-18-36)28-29-46(53(44)54)55(39-24-27-43-42-19-10-11-21-47(42)56-48(43)33-39)38-25-30-49-45(32-38)52-40(20-12-22-50(52)57-49)35-15-6-2-7-16-35/h1-33H. The van der Waals surface area contributed by atoms with Crippen molar-refractivity contribution in [3.63, 3.8) is 0 Å². The largest absolute Gasteiger partial charge is 0.456 e. The lowest BCUT2D eigenvalue weighted by Gasteiger charge is -2.27. The average molecular weight is 776 g/mol. The molecule has 0 unspecified atom stereocenters. The van der Waals surface area contributed by atoms with Gasteiger partial charge in [-0.25, -0.2) is 0 Å². The molecule has 0 fully saturated rings. The number of benzene rings is 9. The minimum atomic E-state index is 0.872. The Morgan fingerprint density at radius 2 is 1.02 bits per heavy atom. The van der Waals surface area contributed by atoms with E-state index in [0.29, 0.717) is 0 Å². The summed E-state index contributed by atoms with van der Waals surface area (Å²) in [5.74, 6) is 0. The van der Waals surface area contributed by atoms with Crippen LogP contribution in [0.5, 0.6) is 0 Å². The van der Waals surface area contributed by atoms with Gasteiger partial charge in [-0.15, -0.1) is 22.7 Å². The van der Waals surface area contributed by atoms with Crippen molar-refractivity contribution in [2.24, 2.45) is 0 Å². The maximum Gasteiger partial charge on any atom is 0.137 e. The molecule has 0 saturated carbocycles. The van der Waals surface area contributed by atoms with Crippen molar-refractivity contribution < 1.29 is 4.42 Å². The van der Waals surface area contributed by atoms with E-state index < -0.39 is 0 Å². The third-order valence-electron chi connectivity index (χ3n) is 11.5. The van der Waals surface area contributed by atoms with Crippen molar-refractivity contribution in [3.8, 4) is 33.4 Å². The fourth-order valence-electron chi connectivity index (χ4n) is 8.80. The molecule has 0 atom stereocenters. The molecule has 0 N–H and O–H groups in total. The predicted molar refractivity (Wildman–Crippen MR) is 250 cm³/mol. The first-order valence-electron chi connectivity index (χ1n) is 19.6. The van der Waals surface area contributed by atoms with E-state index in [1.165, 1.54) is 73.7 Å². The molecule has 3 aromatic heterocycles. The fourth-order valence-corrected chi connectivity index (χ4v) is 11.2. The molecule has 58 heavy (non-hydrogen) atoms. The van der Waals surface area contributed by atoms with Crippen molar-refractivity contribution in [3.05, 3.63) is 200 Å². The minimum Gasteiger partial charge on any atom is -0.456 e. The third-order valence-corrected chi connectivity index (χ3v) is 13.8. The predicted octanol–water partition coefficient (Wildman–Crippen LogP) is 16.8. The Labute approximate surface area is 343 Å². The molecule has 0 aliphatic heterocycles. The molecule has 0 radical (unpaired) electrons. The quantitative estimate of drug-likeness (QED) is 0.167. The van der Waals surface area contributed by atoms with Gasteiger partial charge < -0.3 is 9.32 Å². The van der Waals surface area contributed by atoms with E-state index in [9.17, 15) is 0 Å². The lowest BCUT2D eigenvalue weighted by Crippen LogP contribution is -2.10. The zero-order chi connectivity index (χ0) is 38.2. The molecule has 3 heterocycles. The summed E-state index contributed by atoms with van der Waals surface area (Å²) in [4.78, 5) is 2.45. The Bertz CT molecular complexity index is 3510. The zero-order valence-corrected chi connectivity index (χ0v) is 32.9. The van der Waals surface area contributed by atoms with Crippen LogP contribution < -0.4 is 4.90 Å². The lowest BCUT2D eigenvalue weighted by atomic mass is 9.98. The highest BCUT2D eigenvalue weighted by Gasteiger charge is 2.23. The molecule has 0 bridgehead atoms. The molecule has 272 valence electrons. The molecule has 0 saturated heterocycles. The van der Waals surface area contributed by atoms with Gasteiger partial charge in [0.2, 0.25) is 0 Å². The monoisotopic (exact) mass is 775 g/mol. The SMILES string of the molecule is c1ccc(-c2ccc3c(c2)sc2c(-c4ccccc4)ccc(N(c4ccc5c(c4)oc4ccccc45)c4ccc5sc6cccc(-c7ccccc7)c6c5c4)c23)cc1. The van der Waals surface area contributed by atoms with Crippen LogP contribution in [0.3, 0.4) is 0 Å². The Balaban J connectivity index is 1.15. The van der Waals surface area contributed by atoms with E-state index >= 15 is 0 Å². The van der Waals surface area contributed by atoms with Gasteiger partial charge in [-0.2, -0.15) is 0 Å². The summed E-state index contributed by atoms with van der Waals surface area (Å²) in [5, 5.41) is 7.28. The Hall–Kier alpha value is -6.98. The molecule has 0 aliphatic carbocycles. The molecule has 0 spiro atoms. The summed E-state index contributed by atoms with van der Waals surface area (Å²) in [6.07, 6.45) is 0.